The lowest BCUT2D eigenvalue weighted by Crippen LogP contribution is -2.13. The molecule has 0 aliphatic carbocycles. The summed E-state index contributed by atoms with van der Waals surface area (Å²) in [6, 6.07) is 10.4. The summed E-state index contributed by atoms with van der Waals surface area (Å²) < 4.78 is 0.708. The number of carbonyl (C=O) groups excluding carboxylic acids is 1. The molecule has 0 radical (unpaired) electrons. The Kier molecular flexibility index (Phi) is 4.98. The zero-order chi connectivity index (χ0) is 15.6. The lowest BCUT2D eigenvalue weighted by atomic mass is 10.1. The van der Waals surface area contributed by atoms with Gasteiger partial charge in [-0.2, -0.15) is 0 Å². The highest BCUT2D eigenvalue weighted by Crippen LogP contribution is 2.25. The van der Waals surface area contributed by atoms with Crippen LogP contribution < -0.4 is 11.1 Å². The van der Waals surface area contributed by atoms with Gasteiger partial charge in [0.05, 0.1) is 5.69 Å². The number of hydrogen-bond acceptors (Lipinski definition) is 2. The van der Waals surface area contributed by atoms with Crippen molar-refractivity contribution in [1.29, 1.82) is 0 Å². The predicted molar refractivity (Wildman–Crippen MR) is 94.2 cm³/mol. The molecule has 2 aromatic rings. The van der Waals surface area contributed by atoms with Crippen LogP contribution >= 0.6 is 39.7 Å². The van der Waals surface area contributed by atoms with Crippen LogP contribution in [0.2, 0.25) is 5.02 Å². The summed E-state index contributed by atoms with van der Waals surface area (Å²) in [5.41, 5.74) is 8.35. The maximum absolute atomic E-state index is 12.2. The molecule has 6 heteroatoms. The van der Waals surface area contributed by atoms with Crippen LogP contribution in [0.3, 0.4) is 0 Å². The third-order valence-corrected chi connectivity index (χ3v) is 4.23. The number of benzene rings is 2. The van der Waals surface area contributed by atoms with Crippen LogP contribution in [0.25, 0.3) is 0 Å². The fourth-order valence-electron chi connectivity index (χ4n) is 1.70. The first-order valence-electron chi connectivity index (χ1n) is 6.05. The molecule has 0 spiro atoms. The Morgan fingerprint density at radius 2 is 1.90 bits per heavy atom. The van der Waals surface area contributed by atoms with Crippen LogP contribution in [0.1, 0.15) is 21.5 Å². The molecule has 108 valence electrons. The van der Waals surface area contributed by atoms with Gasteiger partial charge in [0.1, 0.15) is 4.99 Å². The molecule has 0 aromatic heterocycles. The highest BCUT2D eigenvalue weighted by molar-refractivity contribution is 9.10. The highest BCUT2D eigenvalue weighted by atomic mass is 79.9. The molecular formula is C15H12BrClN2OS. The standard InChI is InChI=1S/C15H12BrClN2OS/c1-8-2-3-10(7-12(8)17)15(20)19-13-5-4-9(14(18)21)6-11(13)16/h2-7H,1H3,(H2,18,21)(H,19,20). The predicted octanol–water partition coefficient (Wildman–Crippen LogP) is 4.30. The van der Waals surface area contributed by atoms with Crippen LogP contribution in [-0.2, 0) is 0 Å². The van der Waals surface area contributed by atoms with Crippen molar-refractivity contribution in [2.45, 2.75) is 6.92 Å². The number of rotatable bonds is 3. The van der Waals surface area contributed by atoms with E-state index in [4.69, 9.17) is 29.6 Å². The van der Waals surface area contributed by atoms with E-state index in [0.717, 1.165) is 11.1 Å². The molecule has 1 amide bonds. The highest BCUT2D eigenvalue weighted by Gasteiger charge is 2.10. The van der Waals surface area contributed by atoms with Gasteiger partial charge >= 0.3 is 0 Å². The molecule has 3 N–H and O–H groups in total. The van der Waals surface area contributed by atoms with Crippen LogP contribution in [-0.4, -0.2) is 10.9 Å². The van der Waals surface area contributed by atoms with Crippen LogP contribution in [0, 0.1) is 6.92 Å². The van der Waals surface area contributed by atoms with Crippen LogP contribution in [0.4, 0.5) is 5.69 Å². The van der Waals surface area contributed by atoms with E-state index >= 15 is 0 Å². The second-order valence-corrected chi connectivity index (χ2v) is 6.18. The van der Waals surface area contributed by atoms with Gasteiger partial charge in [-0.05, 0) is 58.7 Å². The number of amides is 1. The fraction of sp³-hybridized carbons (Fsp3) is 0.0667. The summed E-state index contributed by atoms with van der Waals surface area (Å²) in [5.74, 6) is -0.235. The van der Waals surface area contributed by atoms with Gasteiger partial charge in [-0.3, -0.25) is 4.79 Å². The number of aryl methyl sites for hydroxylation is 1. The third-order valence-electron chi connectivity index (χ3n) is 2.94. The van der Waals surface area contributed by atoms with Gasteiger partial charge in [0, 0.05) is 20.6 Å². The number of thiocarbonyl (C=S) groups is 1. The number of anilines is 1. The Hall–Kier alpha value is -1.43. The van der Waals surface area contributed by atoms with Crippen molar-refractivity contribution in [2.24, 2.45) is 5.73 Å². The van der Waals surface area contributed by atoms with Gasteiger partial charge in [0.15, 0.2) is 0 Å². The van der Waals surface area contributed by atoms with E-state index in [0.29, 0.717) is 25.7 Å². The largest absolute Gasteiger partial charge is 0.389 e. The quantitative estimate of drug-likeness (QED) is 0.777. The Balaban J connectivity index is 2.23. The lowest BCUT2D eigenvalue weighted by molar-refractivity contribution is 0.102. The molecule has 21 heavy (non-hydrogen) atoms. The fourth-order valence-corrected chi connectivity index (χ4v) is 2.48. The molecule has 0 atom stereocenters. The second kappa shape index (κ2) is 6.56. The third kappa shape index (κ3) is 3.81. The van der Waals surface area contributed by atoms with Gasteiger partial charge in [-0.25, -0.2) is 0 Å². The monoisotopic (exact) mass is 382 g/mol. The van der Waals surface area contributed by atoms with E-state index < -0.39 is 0 Å². The van der Waals surface area contributed by atoms with Gasteiger partial charge < -0.3 is 11.1 Å². The van der Waals surface area contributed by atoms with Gasteiger partial charge in [-0.1, -0.05) is 29.9 Å². The van der Waals surface area contributed by atoms with Crippen LogP contribution in [0.5, 0.6) is 0 Å². The zero-order valence-electron chi connectivity index (χ0n) is 11.1. The summed E-state index contributed by atoms with van der Waals surface area (Å²) in [6.45, 7) is 1.88. The Bertz CT molecular complexity index is 734. The van der Waals surface area contributed by atoms with Crippen molar-refractivity contribution in [3.8, 4) is 0 Å². The van der Waals surface area contributed by atoms with Crippen molar-refractivity contribution in [1.82, 2.24) is 0 Å². The molecule has 0 fully saturated rings. The molecule has 0 saturated heterocycles. The van der Waals surface area contributed by atoms with E-state index in [1.807, 2.05) is 13.0 Å². The summed E-state index contributed by atoms with van der Waals surface area (Å²) in [4.78, 5) is 12.5. The van der Waals surface area contributed by atoms with E-state index in [9.17, 15) is 4.79 Å². The molecular weight excluding hydrogens is 372 g/mol. The molecule has 0 unspecified atom stereocenters. The SMILES string of the molecule is Cc1ccc(C(=O)Nc2ccc(C(N)=S)cc2Br)cc1Cl. The summed E-state index contributed by atoms with van der Waals surface area (Å²) in [5, 5.41) is 3.37. The first-order valence-corrected chi connectivity index (χ1v) is 7.63. The first kappa shape index (κ1) is 15.9. The minimum atomic E-state index is -0.235. The van der Waals surface area contributed by atoms with Crippen molar-refractivity contribution < 1.29 is 4.79 Å². The minimum Gasteiger partial charge on any atom is -0.389 e. The maximum atomic E-state index is 12.2. The van der Waals surface area contributed by atoms with Crippen molar-refractivity contribution in [2.75, 3.05) is 5.32 Å². The molecule has 0 aliphatic heterocycles. The number of halogens is 2. The topological polar surface area (TPSA) is 55.1 Å². The first-order chi connectivity index (χ1) is 9.88. The average molecular weight is 384 g/mol. The average Bonchev–Trinajstić information content (AvgIpc) is 2.43. The maximum Gasteiger partial charge on any atom is 0.255 e. The normalized spacial score (nSPS) is 10.2. The number of nitrogens with two attached hydrogens (primary N) is 1. The van der Waals surface area contributed by atoms with Gasteiger partial charge in [-0.15, -0.1) is 0 Å². The Morgan fingerprint density at radius 3 is 2.48 bits per heavy atom. The summed E-state index contributed by atoms with van der Waals surface area (Å²) in [7, 11) is 0. The molecule has 2 rings (SSSR count). The summed E-state index contributed by atoms with van der Waals surface area (Å²) >= 11 is 14.3. The molecule has 0 saturated carbocycles. The van der Waals surface area contributed by atoms with E-state index in [-0.39, 0.29) is 5.91 Å². The minimum absolute atomic E-state index is 0.235. The van der Waals surface area contributed by atoms with E-state index in [2.05, 4.69) is 21.2 Å². The Labute approximate surface area is 141 Å². The second-order valence-electron chi connectivity index (χ2n) is 4.48. The van der Waals surface area contributed by atoms with Gasteiger partial charge in [0.25, 0.3) is 5.91 Å². The molecule has 2 aromatic carbocycles. The lowest BCUT2D eigenvalue weighted by Gasteiger charge is -2.09. The van der Waals surface area contributed by atoms with E-state index in [1.165, 1.54) is 0 Å². The smallest absolute Gasteiger partial charge is 0.255 e. The molecule has 3 nitrogen and oxygen atoms in total. The zero-order valence-corrected chi connectivity index (χ0v) is 14.3. The Morgan fingerprint density at radius 1 is 1.24 bits per heavy atom. The van der Waals surface area contributed by atoms with Gasteiger partial charge in [0.2, 0.25) is 0 Å². The number of hydrogen-bond donors (Lipinski definition) is 2. The van der Waals surface area contributed by atoms with Crippen molar-refractivity contribution in [3.63, 3.8) is 0 Å². The molecule has 0 aliphatic rings. The van der Waals surface area contributed by atoms with E-state index in [1.54, 1.807) is 30.3 Å². The molecule has 0 heterocycles. The van der Waals surface area contributed by atoms with Crippen molar-refractivity contribution >= 4 is 56.3 Å². The number of nitrogens with one attached hydrogen (secondary N) is 1. The van der Waals surface area contributed by atoms with Crippen molar-refractivity contribution in [3.05, 3.63) is 62.6 Å². The number of carbonyl (C=O) groups is 1. The molecule has 0 bridgehead atoms. The summed E-state index contributed by atoms with van der Waals surface area (Å²) in [6.07, 6.45) is 0. The van der Waals surface area contributed by atoms with Crippen LogP contribution in [0.15, 0.2) is 40.9 Å².